The number of methoxy groups -OCH3 is 2. The largest absolute Gasteiger partial charge is 0.497 e. The molecule has 0 saturated heterocycles. The van der Waals surface area contributed by atoms with Crippen molar-refractivity contribution >= 4 is 17.6 Å². The molecule has 0 N–H and O–H groups in total. The van der Waals surface area contributed by atoms with Crippen LogP contribution in [0.15, 0.2) is 133 Å². The third kappa shape index (κ3) is 8.49. The molecule has 52 heavy (non-hydrogen) atoms. The van der Waals surface area contributed by atoms with E-state index in [1.54, 1.807) is 48.5 Å². The molecular formula is C43H41NO8. The summed E-state index contributed by atoms with van der Waals surface area (Å²) in [7, 11) is 3.07. The van der Waals surface area contributed by atoms with Crippen molar-refractivity contribution < 1.29 is 33.5 Å². The highest BCUT2D eigenvalue weighted by Crippen LogP contribution is 2.46. The molecule has 0 radical (unpaired) electrons. The monoisotopic (exact) mass is 699 g/mol. The topological polar surface area (TPSA) is 114 Å². The normalized spacial score (nSPS) is 21.3. The zero-order valence-corrected chi connectivity index (χ0v) is 29.1. The van der Waals surface area contributed by atoms with E-state index in [-0.39, 0.29) is 23.0 Å². The Bertz CT molecular complexity index is 1950. The lowest BCUT2D eigenvalue weighted by Crippen LogP contribution is -2.51. The van der Waals surface area contributed by atoms with Gasteiger partial charge in [0, 0.05) is 17.3 Å². The van der Waals surface area contributed by atoms with Gasteiger partial charge in [0.05, 0.1) is 26.1 Å². The van der Waals surface area contributed by atoms with Crippen LogP contribution in [-0.2, 0) is 27.5 Å². The summed E-state index contributed by atoms with van der Waals surface area (Å²) in [4.78, 5) is 40.7. The van der Waals surface area contributed by atoms with E-state index in [4.69, 9.17) is 18.9 Å². The summed E-state index contributed by atoms with van der Waals surface area (Å²) in [5.41, 5.74) is 3.22. The molecule has 5 atom stereocenters. The smallest absolute Gasteiger partial charge is 0.224 e. The molecule has 0 bridgehead atoms. The summed E-state index contributed by atoms with van der Waals surface area (Å²) < 4.78 is 22.8. The van der Waals surface area contributed by atoms with Gasteiger partial charge in [-0.2, -0.15) is 0 Å². The van der Waals surface area contributed by atoms with Crippen LogP contribution in [0.1, 0.15) is 41.0 Å². The third-order valence-corrected chi connectivity index (χ3v) is 9.76. The van der Waals surface area contributed by atoms with E-state index in [2.05, 4.69) is 0 Å². The van der Waals surface area contributed by atoms with Crippen LogP contribution < -0.4 is 14.2 Å². The van der Waals surface area contributed by atoms with Crippen LogP contribution in [0.5, 0.6) is 17.2 Å². The molecule has 0 heterocycles. The number of benzene rings is 4. The molecule has 1 fully saturated rings. The molecule has 0 aliphatic heterocycles. The summed E-state index contributed by atoms with van der Waals surface area (Å²) in [5.74, 6) is -1.68. The number of ether oxygens (including phenoxy) is 4. The highest BCUT2D eigenvalue weighted by molar-refractivity contribution is 6.10. The number of nitro groups is 1. The van der Waals surface area contributed by atoms with Crippen molar-refractivity contribution in [3.63, 3.8) is 0 Å². The van der Waals surface area contributed by atoms with Gasteiger partial charge in [0.25, 0.3) is 0 Å². The first-order valence-electron chi connectivity index (χ1n) is 17.3. The molecule has 2 aliphatic carbocycles. The average Bonchev–Trinajstić information content (AvgIpc) is 3.19. The van der Waals surface area contributed by atoms with E-state index in [0.29, 0.717) is 53.8 Å². The van der Waals surface area contributed by atoms with Crippen molar-refractivity contribution in [1.29, 1.82) is 0 Å². The van der Waals surface area contributed by atoms with Crippen molar-refractivity contribution in [2.45, 2.75) is 38.0 Å². The highest BCUT2D eigenvalue weighted by Gasteiger charge is 2.55. The van der Waals surface area contributed by atoms with Crippen LogP contribution in [0, 0.1) is 27.9 Å². The van der Waals surface area contributed by atoms with Crippen molar-refractivity contribution in [3.8, 4) is 17.2 Å². The van der Waals surface area contributed by atoms with Gasteiger partial charge in [-0.05, 0) is 77.1 Å². The molecule has 2 aliphatic rings. The van der Waals surface area contributed by atoms with E-state index in [1.807, 2.05) is 78.9 Å². The molecule has 9 heteroatoms. The first-order chi connectivity index (χ1) is 25.3. The maximum absolute atomic E-state index is 14.0. The Morgan fingerprint density at radius 3 is 2.12 bits per heavy atom. The lowest BCUT2D eigenvalue weighted by molar-refractivity contribution is -0.540. The van der Waals surface area contributed by atoms with Gasteiger partial charge < -0.3 is 18.9 Å². The van der Waals surface area contributed by atoms with Crippen molar-refractivity contribution in [3.05, 3.63) is 166 Å². The first kappa shape index (κ1) is 35.9. The SMILES string of the molecule is COc1ccc([C@H]2C(C(=O)/C=C/c3ccc(OCc4ccccc4)c(OC)c3)C(=O)C[C@H](C3C=CC(OCc4ccccc4)=CC3)[C@@H]2[N+](=O)[O-])cc1. The summed E-state index contributed by atoms with van der Waals surface area (Å²) in [5, 5.41) is 13.0. The number of carbonyl (C=O) groups excluding carboxylic acids is 2. The number of nitrogens with zero attached hydrogens (tertiary/aromatic N) is 1. The Morgan fingerprint density at radius 2 is 1.52 bits per heavy atom. The number of rotatable bonds is 14. The molecule has 4 aromatic carbocycles. The molecule has 4 aromatic rings. The Hall–Kier alpha value is -5.96. The van der Waals surface area contributed by atoms with Crippen LogP contribution in [-0.4, -0.2) is 36.8 Å². The van der Waals surface area contributed by atoms with Crippen molar-refractivity contribution in [2.24, 2.45) is 17.8 Å². The number of ketones is 2. The van der Waals surface area contributed by atoms with Gasteiger partial charge in [-0.25, -0.2) is 0 Å². The number of Topliss-reactive ketones (excluding diaryl/α,β-unsaturated/α-hetero) is 1. The minimum absolute atomic E-state index is 0.0904. The average molecular weight is 700 g/mol. The highest BCUT2D eigenvalue weighted by atomic mass is 16.6. The fourth-order valence-electron chi connectivity index (χ4n) is 7.09. The quantitative estimate of drug-likeness (QED) is 0.0561. The molecule has 9 nitrogen and oxygen atoms in total. The summed E-state index contributed by atoms with van der Waals surface area (Å²) in [6.45, 7) is 0.757. The molecule has 0 spiro atoms. The molecule has 266 valence electrons. The molecule has 6 rings (SSSR count). The lowest BCUT2D eigenvalue weighted by atomic mass is 9.62. The fourth-order valence-corrected chi connectivity index (χ4v) is 7.09. The Balaban J connectivity index is 1.22. The zero-order valence-electron chi connectivity index (χ0n) is 29.1. The van der Waals surface area contributed by atoms with Crippen LogP contribution >= 0.6 is 0 Å². The predicted molar refractivity (Wildman–Crippen MR) is 197 cm³/mol. The van der Waals surface area contributed by atoms with Gasteiger partial charge in [-0.3, -0.25) is 19.7 Å². The summed E-state index contributed by atoms with van der Waals surface area (Å²) >= 11 is 0. The van der Waals surface area contributed by atoms with Gasteiger partial charge in [-0.1, -0.05) is 91.0 Å². The Labute approximate surface area is 303 Å². The second-order valence-electron chi connectivity index (χ2n) is 12.9. The third-order valence-electron chi connectivity index (χ3n) is 9.76. The molecular weight excluding hydrogens is 658 g/mol. The number of carbonyl (C=O) groups is 2. The van der Waals surface area contributed by atoms with Crippen molar-refractivity contribution in [2.75, 3.05) is 14.2 Å². The van der Waals surface area contributed by atoms with Crippen LogP contribution in [0.25, 0.3) is 6.08 Å². The van der Waals surface area contributed by atoms with E-state index in [0.717, 1.165) is 11.1 Å². The van der Waals surface area contributed by atoms with Gasteiger partial charge in [0.15, 0.2) is 17.3 Å². The second-order valence-corrected chi connectivity index (χ2v) is 12.9. The van der Waals surface area contributed by atoms with Crippen molar-refractivity contribution in [1.82, 2.24) is 0 Å². The fraction of sp³-hybridized carbons (Fsp3) is 0.256. The van der Waals surface area contributed by atoms with Gasteiger partial charge >= 0.3 is 0 Å². The van der Waals surface area contributed by atoms with Crippen LogP contribution in [0.4, 0.5) is 0 Å². The lowest BCUT2D eigenvalue weighted by Gasteiger charge is -2.39. The molecule has 0 amide bonds. The standard InChI is InChI=1S/C43H41NO8/c1-49-34-19-17-33(18-20-34)41-42(37(45)23-13-29-14-24-39(40(25-29)50-2)52-28-31-11-7-4-8-12-31)38(46)26-36(43(41)44(47)48)32-15-21-35(22-16-32)51-27-30-9-5-3-6-10-30/h3-15,17-25,32,36,41-43H,16,26-28H2,1-2H3/b23-13+/t32?,36-,41+,42?,43+/m1/s1. The Kier molecular flexibility index (Phi) is 11.6. The minimum Gasteiger partial charge on any atom is -0.497 e. The van der Waals surface area contributed by atoms with Gasteiger partial charge in [0.1, 0.15) is 30.5 Å². The number of hydrogen-bond acceptors (Lipinski definition) is 8. The summed E-state index contributed by atoms with van der Waals surface area (Å²) in [6.07, 6.45) is 8.98. The Morgan fingerprint density at radius 1 is 0.846 bits per heavy atom. The molecule has 2 unspecified atom stereocenters. The van der Waals surface area contributed by atoms with E-state index in [9.17, 15) is 19.7 Å². The maximum atomic E-state index is 14.0. The van der Waals surface area contributed by atoms with E-state index < -0.39 is 29.6 Å². The second kappa shape index (κ2) is 16.8. The molecule has 0 aromatic heterocycles. The van der Waals surface area contributed by atoms with Gasteiger partial charge in [-0.15, -0.1) is 0 Å². The predicted octanol–water partition coefficient (Wildman–Crippen LogP) is 8.18. The van der Waals surface area contributed by atoms with Crippen LogP contribution in [0.2, 0.25) is 0 Å². The van der Waals surface area contributed by atoms with Crippen LogP contribution in [0.3, 0.4) is 0 Å². The first-order valence-corrected chi connectivity index (χ1v) is 17.3. The van der Waals surface area contributed by atoms with E-state index >= 15 is 0 Å². The number of hydrogen-bond donors (Lipinski definition) is 0. The molecule has 1 saturated carbocycles. The zero-order chi connectivity index (χ0) is 36.5. The van der Waals surface area contributed by atoms with Gasteiger partial charge in [0.2, 0.25) is 6.04 Å². The van der Waals surface area contributed by atoms with E-state index in [1.165, 1.54) is 20.3 Å². The summed E-state index contributed by atoms with van der Waals surface area (Å²) in [6, 6.07) is 30.5. The minimum atomic E-state index is -1.24. The number of allylic oxidation sites excluding steroid dienone is 4. The maximum Gasteiger partial charge on any atom is 0.224 e.